The van der Waals surface area contributed by atoms with Crippen LogP contribution in [0.15, 0.2) is 109 Å². The minimum Gasteiger partial charge on any atom is -0.300 e. The van der Waals surface area contributed by atoms with Gasteiger partial charge in [-0.05, 0) is 30.3 Å². The van der Waals surface area contributed by atoms with Crippen molar-refractivity contribution in [3.8, 4) is 22.6 Å². The van der Waals surface area contributed by atoms with Gasteiger partial charge in [-0.1, -0.05) is 72.8 Å². The zero-order chi connectivity index (χ0) is 23.6. The Bertz CT molecular complexity index is 2100. The molecule has 0 amide bonds. The van der Waals surface area contributed by atoms with Crippen LogP contribution >= 0.6 is 11.3 Å². The number of nitrogens with zero attached hydrogens (tertiary/aromatic N) is 4. The molecule has 4 heterocycles. The summed E-state index contributed by atoms with van der Waals surface area (Å²) in [6, 6.07) is 35.6. The van der Waals surface area contributed by atoms with Crippen molar-refractivity contribution in [2.24, 2.45) is 0 Å². The van der Waals surface area contributed by atoms with Crippen molar-refractivity contribution in [1.82, 2.24) is 19.4 Å². The van der Waals surface area contributed by atoms with E-state index in [0.717, 1.165) is 50.2 Å². The van der Waals surface area contributed by atoms with Gasteiger partial charge >= 0.3 is 0 Å². The lowest BCUT2D eigenvalue weighted by atomic mass is 10.0. The van der Waals surface area contributed by atoms with Gasteiger partial charge in [0.1, 0.15) is 11.2 Å². The predicted octanol–water partition coefficient (Wildman–Crippen LogP) is 8.13. The van der Waals surface area contributed by atoms with Crippen molar-refractivity contribution in [3.05, 3.63) is 109 Å². The van der Waals surface area contributed by atoms with E-state index in [4.69, 9.17) is 15.0 Å². The van der Waals surface area contributed by atoms with Crippen molar-refractivity contribution in [2.45, 2.75) is 0 Å². The molecule has 8 aromatic rings. The third-order valence-electron chi connectivity index (χ3n) is 6.82. The Balaban J connectivity index is 1.56. The summed E-state index contributed by atoms with van der Waals surface area (Å²) in [5.74, 6) is 0.730. The summed E-state index contributed by atoms with van der Waals surface area (Å²) in [6.07, 6.45) is 2.07. The molecule has 5 heteroatoms. The third kappa shape index (κ3) is 2.78. The first-order valence-electron chi connectivity index (χ1n) is 11.9. The van der Waals surface area contributed by atoms with E-state index in [1.807, 2.05) is 30.3 Å². The number of hydrogen-bond donors (Lipinski definition) is 0. The Morgan fingerprint density at radius 1 is 0.667 bits per heavy atom. The van der Waals surface area contributed by atoms with E-state index in [0.29, 0.717) is 0 Å². The zero-order valence-electron chi connectivity index (χ0n) is 19.1. The maximum atomic E-state index is 5.21. The van der Waals surface area contributed by atoms with Crippen molar-refractivity contribution in [2.75, 3.05) is 0 Å². The Hall–Kier alpha value is -4.61. The number of aromatic nitrogens is 4. The summed E-state index contributed by atoms with van der Waals surface area (Å²) >= 11 is 1.79. The van der Waals surface area contributed by atoms with Crippen molar-refractivity contribution in [3.63, 3.8) is 0 Å². The standard InChI is InChI=1S/C31H18N4S/c1-2-10-19(11-3-1)28-20-12-4-6-14-23(20)32-31(34-28)22-18-24-29(33-26-16-8-9-17-35(24)26)30-27(22)21-13-5-7-15-25(21)36-30/h1-18H. The molecular formula is C31H18N4S. The average molecular weight is 479 g/mol. The molecule has 0 saturated carbocycles. The molecule has 0 aliphatic rings. The number of pyridine rings is 1. The molecule has 8 rings (SSSR count). The second-order valence-electron chi connectivity index (χ2n) is 8.91. The Kier molecular flexibility index (Phi) is 4.07. The van der Waals surface area contributed by atoms with Gasteiger partial charge in [-0.2, -0.15) is 0 Å². The largest absolute Gasteiger partial charge is 0.300 e. The smallest absolute Gasteiger partial charge is 0.161 e. The molecule has 0 unspecified atom stereocenters. The molecule has 0 bridgehead atoms. The van der Waals surface area contributed by atoms with Crippen LogP contribution in [0.2, 0.25) is 0 Å². The van der Waals surface area contributed by atoms with E-state index in [2.05, 4.69) is 83.4 Å². The molecule has 4 aromatic carbocycles. The maximum absolute atomic E-state index is 5.21. The molecular weight excluding hydrogens is 460 g/mol. The Morgan fingerprint density at radius 2 is 1.44 bits per heavy atom. The van der Waals surface area contributed by atoms with E-state index in [-0.39, 0.29) is 0 Å². The first kappa shape index (κ1) is 19.7. The van der Waals surface area contributed by atoms with Crippen molar-refractivity contribution < 1.29 is 0 Å². The predicted molar refractivity (Wildman–Crippen MR) is 150 cm³/mol. The van der Waals surface area contributed by atoms with Gasteiger partial charge in [-0.3, -0.25) is 4.40 Å². The minimum absolute atomic E-state index is 0.730. The van der Waals surface area contributed by atoms with Gasteiger partial charge in [-0.25, -0.2) is 15.0 Å². The highest BCUT2D eigenvalue weighted by Crippen LogP contribution is 2.44. The van der Waals surface area contributed by atoms with Crippen molar-refractivity contribution in [1.29, 1.82) is 0 Å². The van der Waals surface area contributed by atoms with E-state index in [1.165, 1.54) is 20.2 Å². The number of fused-ring (bicyclic) bond motifs is 8. The maximum Gasteiger partial charge on any atom is 0.161 e. The molecule has 4 aromatic heterocycles. The van der Waals surface area contributed by atoms with Crippen LogP contribution in [-0.4, -0.2) is 19.4 Å². The Morgan fingerprint density at radius 3 is 2.36 bits per heavy atom. The highest BCUT2D eigenvalue weighted by molar-refractivity contribution is 7.26. The zero-order valence-corrected chi connectivity index (χ0v) is 19.9. The van der Waals surface area contributed by atoms with Crippen LogP contribution in [0.4, 0.5) is 0 Å². The lowest BCUT2D eigenvalue weighted by Gasteiger charge is -2.11. The van der Waals surface area contributed by atoms with E-state index >= 15 is 0 Å². The van der Waals surface area contributed by atoms with Crippen LogP contribution in [0.25, 0.3) is 70.4 Å². The molecule has 0 atom stereocenters. The monoisotopic (exact) mass is 478 g/mol. The lowest BCUT2D eigenvalue weighted by Crippen LogP contribution is -1.96. The topological polar surface area (TPSA) is 43.1 Å². The number of hydrogen-bond acceptors (Lipinski definition) is 4. The van der Waals surface area contributed by atoms with Crippen LogP contribution in [0.1, 0.15) is 0 Å². The molecule has 0 aliphatic heterocycles. The molecule has 0 spiro atoms. The summed E-state index contributed by atoms with van der Waals surface area (Å²) in [5.41, 5.74) is 7.02. The van der Waals surface area contributed by atoms with Crippen LogP contribution in [-0.2, 0) is 0 Å². The molecule has 0 radical (unpaired) electrons. The second kappa shape index (κ2) is 7.44. The number of rotatable bonds is 2. The Labute approximate surface area is 210 Å². The summed E-state index contributed by atoms with van der Waals surface area (Å²) in [6.45, 7) is 0. The highest BCUT2D eigenvalue weighted by atomic mass is 32.1. The van der Waals surface area contributed by atoms with Crippen molar-refractivity contribution >= 4 is 59.1 Å². The summed E-state index contributed by atoms with van der Waals surface area (Å²) in [4.78, 5) is 15.3. The molecule has 0 saturated heterocycles. The van der Waals surface area contributed by atoms with Crippen LogP contribution in [0.5, 0.6) is 0 Å². The molecule has 168 valence electrons. The fourth-order valence-corrected chi connectivity index (χ4v) is 6.41. The second-order valence-corrected chi connectivity index (χ2v) is 9.97. The van der Waals surface area contributed by atoms with Gasteiger partial charge in [-0.15, -0.1) is 11.3 Å². The van der Waals surface area contributed by atoms with Crippen LogP contribution in [0.3, 0.4) is 0 Å². The molecule has 0 N–H and O–H groups in total. The SMILES string of the molecule is c1ccc(-c2nc(-c3cc4c(nc5ccccn54)c4sc5ccccc5c34)nc3ccccc23)cc1. The fraction of sp³-hybridized carbons (Fsp3) is 0. The van der Waals surface area contributed by atoms with E-state index < -0.39 is 0 Å². The van der Waals surface area contributed by atoms with Gasteiger partial charge in [0.2, 0.25) is 0 Å². The fourth-order valence-electron chi connectivity index (χ4n) is 5.20. The average Bonchev–Trinajstić information content (AvgIpc) is 3.51. The molecule has 4 nitrogen and oxygen atoms in total. The normalized spacial score (nSPS) is 11.9. The third-order valence-corrected chi connectivity index (χ3v) is 8.00. The molecule has 0 aliphatic carbocycles. The molecule has 36 heavy (non-hydrogen) atoms. The van der Waals surface area contributed by atoms with Gasteiger partial charge < -0.3 is 0 Å². The quantitative estimate of drug-likeness (QED) is 0.252. The minimum atomic E-state index is 0.730. The number of imidazole rings is 1. The van der Waals surface area contributed by atoms with Crippen LogP contribution < -0.4 is 0 Å². The highest BCUT2D eigenvalue weighted by Gasteiger charge is 2.20. The van der Waals surface area contributed by atoms with Gasteiger partial charge in [0.15, 0.2) is 5.82 Å². The van der Waals surface area contributed by atoms with Gasteiger partial charge in [0, 0.05) is 38.2 Å². The number of thiophene rings is 1. The summed E-state index contributed by atoms with van der Waals surface area (Å²) in [7, 11) is 0. The number of benzene rings is 4. The lowest BCUT2D eigenvalue weighted by molar-refractivity contribution is 1.22. The number of para-hydroxylation sites is 1. The van der Waals surface area contributed by atoms with E-state index in [9.17, 15) is 0 Å². The summed E-state index contributed by atoms with van der Waals surface area (Å²) in [5, 5.41) is 3.43. The van der Waals surface area contributed by atoms with Gasteiger partial charge in [0.05, 0.1) is 21.4 Å². The first-order chi connectivity index (χ1) is 17.8. The van der Waals surface area contributed by atoms with Gasteiger partial charge in [0.25, 0.3) is 0 Å². The molecule has 0 fully saturated rings. The first-order valence-corrected chi connectivity index (χ1v) is 12.7. The van der Waals surface area contributed by atoms with E-state index in [1.54, 1.807) is 11.3 Å². The summed E-state index contributed by atoms with van der Waals surface area (Å²) < 4.78 is 4.56. The van der Waals surface area contributed by atoms with Crippen LogP contribution in [0, 0.1) is 0 Å².